The molecule has 0 saturated carbocycles. The lowest BCUT2D eigenvalue weighted by atomic mass is 10.1. The van der Waals surface area contributed by atoms with Gasteiger partial charge in [-0.15, -0.1) is 0 Å². The van der Waals surface area contributed by atoms with Crippen LogP contribution in [0.4, 0.5) is 4.79 Å². The van der Waals surface area contributed by atoms with Crippen molar-refractivity contribution in [1.29, 1.82) is 0 Å². The van der Waals surface area contributed by atoms with E-state index < -0.39 is 22.2 Å². The van der Waals surface area contributed by atoms with E-state index in [1.54, 1.807) is 0 Å². The highest BCUT2D eigenvalue weighted by Gasteiger charge is 2.50. The molecule has 0 aromatic carbocycles. The number of nitrogens with zero attached hydrogens (tertiary/aromatic N) is 1. The van der Waals surface area contributed by atoms with E-state index in [0.29, 0.717) is 13.2 Å². The SMILES string of the molecule is C[C@H]1CN(C(=O)OC(C)(C)C)[C@H](CO[Si](C)(C)C(C)(C)C)[C@H]1O[Si](C)(C)C(C)(C)C. The van der Waals surface area contributed by atoms with E-state index in [-0.39, 0.29) is 34.2 Å². The van der Waals surface area contributed by atoms with Gasteiger partial charge in [0.15, 0.2) is 16.6 Å². The van der Waals surface area contributed by atoms with Gasteiger partial charge in [0.2, 0.25) is 0 Å². The predicted molar refractivity (Wildman–Crippen MR) is 131 cm³/mol. The van der Waals surface area contributed by atoms with E-state index in [0.717, 1.165) is 0 Å². The second kappa shape index (κ2) is 8.87. The van der Waals surface area contributed by atoms with Gasteiger partial charge in [-0.3, -0.25) is 4.90 Å². The summed E-state index contributed by atoms with van der Waals surface area (Å²) in [6.45, 7) is 31.6. The van der Waals surface area contributed by atoms with Gasteiger partial charge < -0.3 is 13.6 Å². The standard InChI is InChI=1S/C23H49NO4Si2/c1-17-15-24(20(25)27-21(2,3)4)18(16-26-29(11,12)22(5,6)7)19(17)28-30(13,14)23(8,9)10/h17-19H,15-16H2,1-14H3/t17-,18+,19-/m0/s1. The number of hydrogen-bond donors (Lipinski definition) is 0. The Balaban J connectivity index is 3.20. The minimum absolute atomic E-state index is 0.0387. The van der Waals surface area contributed by atoms with Crippen LogP contribution in [0.3, 0.4) is 0 Å². The Morgan fingerprint density at radius 2 is 1.37 bits per heavy atom. The fraction of sp³-hybridized carbons (Fsp3) is 0.957. The Bertz CT molecular complexity index is 600. The topological polar surface area (TPSA) is 48.0 Å². The molecule has 0 aliphatic carbocycles. The molecule has 7 heteroatoms. The van der Waals surface area contributed by atoms with Crippen LogP contribution in [0.25, 0.3) is 0 Å². The summed E-state index contributed by atoms with van der Waals surface area (Å²) in [5.74, 6) is 0.236. The number of ether oxygens (including phenoxy) is 1. The first-order valence-electron chi connectivity index (χ1n) is 11.4. The number of amides is 1. The van der Waals surface area contributed by atoms with Crippen molar-refractivity contribution in [1.82, 2.24) is 4.90 Å². The summed E-state index contributed by atoms with van der Waals surface area (Å²) in [5, 5.41) is 0.223. The average Bonchev–Trinajstić information content (AvgIpc) is 2.77. The van der Waals surface area contributed by atoms with E-state index in [4.69, 9.17) is 13.6 Å². The summed E-state index contributed by atoms with van der Waals surface area (Å²) in [5.41, 5.74) is -0.524. The summed E-state index contributed by atoms with van der Waals surface area (Å²) < 4.78 is 19.2. The highest BCUT2D eigenvalue weighted by molar-refractivity contribution is 6.74. The fourth-order valence-corrected chi connectivity index (χ4v) is 5.49. The molecule has 1 aliphatic rings. The van der Waals surface area contributed by atoms with Crippen molar-refractivity contribution < 1.29 is 18.4 Å². The highest BCUT2D eigenvalue weighted by atomic mass is 28.4. The summed E-state index contributed by atoms with van der Waals surface area (Å²) >= 11 is 0. The third-order valence-electron chi connectivity index (χ3n) is 7.11. The van der Waals surface area contributed by atoms with Crippen molar-refractivity contribution in [2.75, 3.05) is 13.2 Å². The number of likely N-dealkylation sites (tertiary alicyclic amines) is 1. The van der Waals surface area contributed by atoms with Gasteiger partial charge in [0.25, 0.3) is 0 Å². The van der Waals surface area contributed by atoms with Crippen LogP contribution >= 0.6 is 0 Å². The minimum Gasteiger partial charge on any atom is -0.444 e. The number of carbonyl (C=O) groups excluding carboxylic acids is 1. The molecule has 1 heterocycles. The van der Waals surface area contributed by atoms with E-state index in [2.05, 4.69) is 74.7 Å². The van der Waals surface area contributed by atoms with Gasteiger partial charge in [0.05, 0.1) is 18.8 Å². The van der Waals surface area contributed by atoms with Gasteiger partial charge in [-0.25, -0.2) is 4.79 Å². The summed E-state index contributed by atoms with van der Waals surface area (Å²) in [4.78, 5) is 14.9. The van der Waals surface area contributed by atoms with Crippen molar-refractivity contribution in [3.8, 4) is 0 Å². The molecule has 1 amide bonds. The molecule has 0 aromatic rings. The van der Waals surface area contributed by atoms with Gasteiger partial charge in [-0.1, -0.05) is 48.5 Å². The minimum atomic E-state index is -2.00. The van der Waals surface area contributed by atoms with Crippen LogP contribution in [0.2, 0.25) is 36.3 Å². The van der Waals surface area contributed by atoms with Crippen LogP contribution < -0.4 is 0 Å². The summed E-state index contributed by atoms with van der Waals surface area (Å²) in [6, 6.07) is -0.127. The zero-order valence-corrected chi connectivity index (χ0v) is 24.2. The summed E-state index contributed by atoms with van der Waals surface area (Å²) in [6.07, 6.45) is -0.303. The van der Waals surface area contributed by atoms with Crippen LogP contribution in [0.1, 0.15) is 69.2 Å². The Hall–Kier alpha value is -0.376. The first-order valence-corrected chi connectivity index (χ1v) is 17.2. The average molecular weight is 460 g/mol. The van der Waals surface area contributed by atoms with Crippen LogP contribution in [0, 0.1) is 5.92 Å². The molecular weight excluding hydrogens is 410 g/mol. The molecule has 1 rings (SSSR count). The molecule has 0 N–H and O–H groups in total. The maximum Gasteiger partial charge on any atom is 0.410 e. The second-order valence-electron chi connectivity index (χ2n) is 13.1. The quantitative estimate of drug-likeness (QED) is 0.432. The van der Waals surface area contributed by atoms with Crippen molar-refractivity contribution in [2.24, 2.45) is 5.92 Å². The molecular formula is C23H49NO4Si2. The van der Waals surface area contributed by atoms with Gasteiger partial charge >= 0.3 is 6.09 Å². The Labute approximate surface area is 188 Å². The molecule has 30 heavy (non-hydrogen) atoms. The Morgan fingerprint density at radius 1 is 0.900 bits per heavy atom. The fourth-order valence-electron chi connectivity index (χ4n) is 3.04. The third kappa shape index (κ3) is 6.81. The molecule has 1 fully saturated rings. The van der Waals surface area contributed by atoms with Crippen LogP contribution in [0.15, 0.2) is 0 Å². The molecule has 0 spiro atoms. The van der Waals surface area contributed by atoms with Crippen LogP contribution in [-0.4, -0.2) is 58.5 Å². The Kier molecular flexibility index (Phi) is 8.18. The Morgan fingerprint density at radius 3 is 1.77 bits per heavy atom. The lowest BCUT2D eigenvalue weighted by Gasteiger charge is -2.42. The van der Waals surface area contributed by atoms with Crippen molar-refractivity contribution in [3.63, 3.8) is 0 Å². The zero-order chi connectivity index (χ0) is 23.9. The third-order valence-corrected chi connectivity index (χ3v) is 16.1. The largest absolute Gasteiger partial charge is 0.444 e. The van der Waals surface area contributed by atoms with E-state index >= 15 is 0 Å². The lowest BCUT2D eigenvalue weighted by molar-refractivity contribution is 0.00849. The van der Waals surface area contributed by atoms with E-state index in [1.807, 2.05) is 25.7 Å². The van der Waals surface area contributed by atoms with Crippen molar-refractivity contribution >= 4 is 22.7 Å². The molecule has 0 radical (unpaired) electrons. The van der Waals surface area contributed by atoms with Gasteiger partial charge in [0.1, 0.15) is 5.60 Å². The monoisotopic (exact) mass is 459 g/mol. The summed E-state index contributed by atoms with van der Waals surface area (Å²) in [7, 11) is -3.95. The van der Waals surface area contributed by atoms with Crippen LogP contribution in [-0.2, 0) is 13.6 Å². The van der Waals surface area contributed by atoms with Gasteiger partial charge in [0, 0.05) is 12.5 Å². The second-order valence-corrected chi connectivity index (χ2v) is 22.7. The predicted octanol–water partition coefficient (Wildman–Crippen LogP) is 6.65. The number of rotatable bonds is 5. The lowest BCUT2D eigenvalue weighted by Crippen LogP contribution is -2.53. The molecule has 1 saturated heterocycles. The normalized spacial score (nSPS) is 24.3. The van der Waals surface area contributed by atoms with Crippen molar-refractivity contribution in [2.45, 2.75) is 123 Å². The molecule has 0 bridgehead atoms. The molecule has 5 nitrogen and oxygen atoms in total. The first-order chi connectivity index (χ1) is 13.1. The molecule has 0 aromatic heterocycles. The maximum atomic E-state index is 13.1. The molecule has 3 atom stereocenters. The van der Waals surface area contributed by atoms with E-state index in [9.17, 15) is 4.79 Å². The maximum absolute atomic E-state index is 13.1. The molecule has 0 unspecified atom stereocenters. The zero-order valence-electron chi connectivity index (χ0n) is 22.2. The van der Waals surface area contributed by atoms with Crippen LogP contribution in [0.5, 0.6) is 0 Å². The molecule has 178 valence electrons. The number of hydrogen-bond acceptors (Lipinski definition) is 4. The molecule has 1 aliphatic heterocycles. The highest BCUT2D eigenvalue weighted by Crippen LogP contribution is 2.42. The van der Waals surface area contributed by atoms with E-state index in [1.165, 1.54) is 0 Å². The first kappa shape index (κ1) is 27.7. The van der Waals surface area contributed by atoms with Gasteiger partial charge in [-0.05, 0) is 57.0 Å². The number of carbonyl (C=O) groups is 1. The smallest absolute Gasteiger partial charge is 0.410 e. The van der Waals surface area contributed by atoms with Gasteiger partial charge in [-0.2, -0.15) is 0 Å². The van der Waals surface area contributed by atoms with Crippen molar-refractivity contribution in [3.05, 3.63) is 0 Å².